The van der Waals surface area contributed by atoms with Gasteiger partial charge in [0.25, 0.3) is 5.91 Å². The van der Waals surface area contributed by atoms with E-state index < -0.39 is 35.4 Å². The van der Waals surface area contributed by atoms with Crippen LogP contribution in [-0.4, -0.2) is 67.8 Å². The van der Waals surface area contributed by atoms with Crippen LogP contribution in [0.15, 0.2) is 30.9 Å². The Balaban J connectivity index is 1.44. The fourth-order valence-corrected chi connectivity index (χ4v) is 5.52. The van der Waals surface area contributed by atoms with E-state index in [4.69, 9.17) is 10.5 Å². The van der Waals surface area contributed by atoms with Crippen molar-refractivity contribution in [3.8, 4) is 17.1 Å². The van der Waals surface area contributed by atoms with Gasteiger partial charge in [-0.25, -0.2) is 23.9 Å². The molecule has 15 heteroatoms. The third kappa shape index (κ3) is 4.98. The monoisotopic (exact) mass is 564 g/mol. The van der Waals surface area contributed by atoms with Crippen LogP contribution in [0.3, 0.4) is 0 Å². The van der Waals surface area contributed by atoms with Crippen molar-refractivity contribution >= 4 is 28.6 Å². The molecular weight excluding hydrogens is 540 g/mol. The predicted molar refractivity (Wildman–Crippen MR) is 135 cm³/mol. The highest BCUT2D eigenvalue weighted by Gasteiger charge is 2.38. The number of nitrogen functional groups attached to an aromatic ring is 1. The van der Waals surface area contributed by atoms with Crippen LogP contribution in [0.1, 0.15) is 38.8 Å². The number of thiazole rings is 1. The number of nitrogens with one attached hydrogen (secondary N) is 1. The molecule has 1 saturated heterocycles. The maximum atomic E-state index is 15.0. The molecule has 10 nitrogen and oxygen atoms in total. The molecule has 0 aliphatic carbocycles. The van der Waals surface area contributed by atoms with E-state index >= 15 is 0 Å². The zero-order chi connectivity index (χ0) is 28.1. The van der Waals surface area contributed by atoms with E-state index in [0.717, 1.165) is 26.8 Å². The maximum Gasteiger partial charge on any atom is 0.418 e. The Morgan fingerprint density at radius 2 is 2.00 bits per heavy atom. The van der Waals surface area contributed by atoms with Crippen molar-refractivity contribution in [1.82, 2.24) is 34.8 Å². The molecule has 4 aromatic rings. The van der Waals surface area contributed by atoms with Crippen LogP contribution in [0.4, 0.5) is 23.4 Å². The number of methoxy groups -OCH3 is 1. The second kappa shape index (κ2) is 10.0. The quantitative estimate of drug-likeness (QED) is 0.340. The molecule has 0 spiro atoms. The van der Waals surface area contributed by atoms with E-state index in [9.17, 15) is 22.4 Å². The summed E-state index contributed by atoms with van der Waals surface area (Å²) in [5.41, 5.74) is 4.33. The molecule has 39 heavy (non-hydrogen) atoms. The van der Waals surface area contributed by atoms with Crippen molar-refractivity contribution < 1.29 is 27.1 Å². The van der Waals surface area contributed by atoms with Crippen molar-refractivity contribution in [2.75, 3.05) is 25.9 Å². The van der Waals surface area contributed by atoms with Crippen LogP contribution in [0, 0.1) is 6.92 Å². The number of nitrogens with zero attached hydrogens (tertiary/aromatic N) is 6. The lowest BCUT2D eigenvalue weighted by Crippen LogP contribution is -2.41. The number of carbonyl (C=O) groups excluding carboxylic acids is 1. The van der Waals surface area contributed by atoms with Gasteiger partial charge in [-0.15, -0.1) is 11.3 Å². The minimum absolute atomic E-state index is 0.0142. The standard InChI is InChI=1S/C24H24F4N8O2S/c1-11(19-7-30-12(2)39-19)35-8-16(25)17(9-35)34-22(37)14-4-13(6-31-23(14)38-3)18-5-15(24(26,27)28)20-21(29)32-10-33-36(18)20/h4-7,10-11,16-17H,8-9H2,1-3H3,(H,34,37)(H2,29,32,33)/t11?,16-,17+/m0/s1. The maximum absolute atomic E-state index is 15.0. The first-order chi connectivity index (χ1) is 18.5. The molecule has 4 aromatic heterocycles. The number of aromatic nitrogens is 5. The fourth-order valence-electron chi connectivity index (χ4n) is 4.65. The van der Waals surface area contributed by atoms with Gasteiger partial charge in [-0.2, -0.15) is 18.3 Å². The topological polar surface area (TPSA) is 124 Å². The Labute approximate surface area is 223 Å². The van der Waals surface area contributed by atoms with Crippen molar-refractivity contribution in [1.29, 1.82) is 0 Å². The number of likely N-dealkylation sites (tertiary alicyclic amines) is 1. The minimum Gasteiger partial charge on any atom is -0.480 e. The third-order valence-electron chi connectivity index (χ3n) is 6.66. The molecule has 3 N–H and O–H groups in total. The highest BCUT2D eigenvalue weighted by molar-refractivity contribution is 7.11. The number of nitrogens with two attached hydrogens (primary N) is 1. The molecule has 5 rings (SSSR count). The average molecular weight is 565 g/mol. The van der Waals surface area contributed by atoms with Crippen LogP contribution in [0.2, 0.25) is 0 Å². The molecule has 1 aliphatic rings. The van der Waals surface area contributed by atoms with Gasteiger partial charge in [0.15, 0.2) is 5.82 Å². The molecule has 206 valence electrons. The van der Waals surface area contributed by atoms with Gasteiger partial charge in [-0.05, 0) is 26.0 Å². The summed E-state index contributed by atoms with van der Waals surface area (Å²) in [7, 11) is 1.30. The first-order valence-corrected chi connectivity index (χ1v) is 12.6. The number of hydrogen-bond donors (Lipinski definition) is 2. The second-order valence-corrected chi connectivity index (χ2v) is 10.4. The van der Waals surface area contributed by atoms with Gasteiger partial charge in [0.2, 0.25) is 5.88 Å². The van der Waals surface area contributed by atoms with Crippen molar-refractivity contribution in [3.63, 3.8) is 0 Å². The number of rotatable bonds is 6. The largest absolute Gasteiger partial charge is 0.480 e. The number of ether oxygens (including phenoxy) is 1. The summed E-state index contributed by atoms with van der Waals surface area (Å²) in [6, 6.07) is 1.28. The van der Waals surface area contributed by atoms with Gasteiger partial charge in [-0.3, -0.25) is 9.69 Å². The van der Waals surface area contributed by atoms with Crippen LogP contribution in [0.5, 0.6) is 5.88 Å². The Kier molecular flexibility index (Phi) is 6.88. The molecule has 1 unspecified atom stereocenters. The van der Waals surface area contributed by atoms with Crippen LogP contribution < -0.4 is 15.8 Å². The number of halogens is 4. The van der Waals surface area contributed by atoms with Crippen LogP contribution in [0.25, 0.3) is 16.8 Å². The third-order valence-corrected chi connectivity index (χ3v) is 7.75. The molecular formula is C24H24F4N8O2S. The van der Waals surface area contributed by atoms with Gasteiger partial charge in [0.1, 0.15) is 23.6 Å². The Morgan fingerprint density at radius 3 is 2.67 bits per heavy atom. The van der Waals surface area contributed by atoms with Crippen molar-refractivity contribution in [2.24, 2.45) is 0 Å². The van der Waals surface area contributed by atoms with Gasteiger partial charge in [-0.1, -0.05) is 0 Å². The van der Waals surface area contributed by atoms with Crippen molar-refractivity contribution in [2.45, 2.75) is 38.3 Å². The fraction of sp³-hybridized carbons (Fsp3) is 0.375. The van der Waals surface area contributed by atoms with E-state index in [0.29, 0.717) is 0 Å². The van der Waals surface area contributed by atoms with E-state index in [1.165, 1.54) is 30.7 Å². The lowest BCUT2D eigenvalue weighted by Gasteiger charge is -2.22. The number of carbonyl (C=O) groups is 1. The highest BCUT2D eigenvalue weighted by atomic mass is 32.1. The zero-order valence-corrected chi connectivity index (χ0v) is 21.8. The second-order valence-electron chi connectivity index (χ2n) is 9.14. The molecule has 5 heterocycles. The summed E-state index contributed by atoms with van der Waals surface area (Å²) in [5, 5.41) is 7.52. The minimum atomic E-state index is -4.73. The summed E-state index contributed by atoms with van der Waals surface area (Å²) in [6.07, 6.45) is -2.03. The summed E-state index contributed by atoms with van der Waals surface area (Å²) >= 11 is 1.53. The first kappa shape index (κ1) is 26.7. The summed E-state index contributed by atoms with van der Waals surface area (Å²) < 4.78 is 62.5. The Bertz CT molecular complexity index is 1540. The van der Waals surface area contributed by atoms with Crippen LogP contribution in [-0.2, 0) is 6.18 Å². The summed E-state index contributed by atoms with van der Waals surface area (Å²) in [4.78, 5) is 28.2. The smallest absolute Gasteiger partial charge is 0.418 e. The number of fused-ring (bicyclic) bond motifs is 1. The van der Waals surface area contributed by atoms with E-state index in [2.05, 4.69) is 25.4 Å². The average Bonchev–Trinajstić information content (AvgIpc) is 3.60. The summed E-state index contributed by atoms with van der Waals surface area (Å²) in [6.45, 7) is 4.22. The highest BCUT2D eigenvalue weighted by Crippen LogP contribution is 2.39. The van der Waals surface area contributed by atoms with Gasteiger partial charge in [0.05, 0.1) is 29.4 Å². The Hall–Kier alpha value is -3.85. The molecule has 0 saturated carbocycles. The van der Waals surface area contributed by atoms with Gasteiger partial charge < -0.3 is 15.8 Å². The normalized spacial score (nSPS) is 18.9. The molecule has 1 fully saturated rings. The number of anilines is 1. The van der Waals surface area contributed by atoms with Crippen molar-refractivity contribution in [3.05, 3.63) is 51.9 Å². The summed E-state index contributed by atoms with van der Waals surface area (Å²) in [5.74, 6) is -1.10. The Morgan fingerprint density at radius 1 is 1.23 bits per heavy atom. The number of amides is 1. The number of hydrogen-bond acceptors (Lipinski definition) is 9. The molecule has 0 radical (unpaired) electrons. The number of aryl methyl sites for hydroxylation is 1. The molecule has 1 aliphatic heterocycles. The first-order valence-electron chi connectivity index (χ1n) is 11.8. The molecule has 0 aromatic carbocycles. The predicted octanol–water partition coefficient (Wildman–Crippen LogP) is 3.68. The van der Waals surface area contributed by atoms with Gasteiger partial charge >= 0.3 is 6.18 Å². The lowest BCUT2D eigenvalue weighted by molar-refractivity contribution is -0.136. The molecule has 3 atom stereocenters. The zero-order valence-electron chi connectivity index (χ0n) is 21.0. The SMILES string of the molecule is COc1ncc(-c2cc(C(F)(F)F)c3c(N)ncnn23)cc1C(=O)N[C@@H]1CN(C(C)c2cnc(C)s2)C[C@@H]1F. The van der Waals surface area contributed by atoms with E-state index in [1.54, 1.807) is 6.20 Å². The molecule has 0 bridgehead atoms. The molecule has 1 amide bonds. The number of alkyl halides is 4. The van der Waals surface area contributed by atoms with E-state index in [-0.39, 0.29) is 47.7 Å². The van der Waals surface area contributed by atoms with Gasteiger partial charge in [0, 0.05) is 42.0 Å². The van der Waals surface area contributed by atoms with Crippen LogP contribution >= 0.6 is 11.3 Å². The number of pyridine rings is 1. The van der Waals surface area contributed by atoms with E-state index in [1.807, 2.05) is 18.7 Å². The lowest BCUT2D eigenvalue weighted by atomic mass is 10.1.